The SMILES string of the molecule is Sc1cnc2c1ccc1ccc[nH]c12. The van der Waals surface area contributed by atoms with Gasteiger partial charge in [0.15, 0.2) is 0 Å². The number of aromatic nitrogens is 2. The lowest BCUT2D eigenvalue weighted by molar-refractivity contribution is 1.39. The van der Waals surface area contributed by atoms with E-state index in [1.54, 1.807) is 6.20 Å². The maximum Gasteiger partial charge on any atom is 0.0954 e. The number of hydrogen-bond acceptors (Lipinski definition) is 2. The average Bonchev–Trinajstić information content (AvgIpc) is 2.61. The molecule has 3 aromatic rings. The monoisotopic (exact) mass is 200 g/mol. The fourth-order valence-electron chi connectivity index (χ4n) is 1.72. The molecule has 0 spiro atoms. The summed E-state index contributed by atoms with van der Waals surface area (Å²) in [6.45, 7) is 0. The molecule has 3 heteroatoms. The van der Waals surface area contributed by atoms with Crippen LogP contribution < -0.4 is 0 Å². The third-order valence-electron chi connectivity index (χ3n) is 2.40. The first-order valence-corrected chi connectivity index (χ1v) is 4.85. The van der Waals surface area contributed by atoms with E-state index >= 15 is 0 Å². The van der Waals surface area contributed by atoms with Crippen molar-refractivity contribution in [2.24, 2.45) is 0 Å². The van der Waals surface area contributed by atoms with Gasteiger partial charge in [-0.2, -0.15) is 0 Å². The number of rotatable bonds is 0. The van der Waals surface area contributed by atoms with Gasteiger partial charge in [0.25, 0.3) is 0 Å². The van der Waals surface area contributed by atoms with Crippen molar-refractivity contribution in [2.75, 3.05) is 0 Å². The standard InChI is InChI=1S/C11H8N2S/c14-9-6-13-11-8(9)4-3-7-2-1-5-12-10(7)11/h1-6,12,14H. The summed E-state index contributed by atoms with van der Waals surface area (Å²) in [6, 6.07) is 8.19. The van der Waals surface area contributed by atoms with Crippen LogP contribution >= 0.6 is 12.6 Å². The van der Waals surface area contributed by atoms with Gasteiger partial charge < -0.3 is 4.98 Å². The van der Waals surface area contributed by atoms with Gasteiger partial charge in [0.1, 0.15) is 0 Å². The second kappa shape index (κ2) is 2.75. The van der Waals surface area contributed by atoms with E-state index in [1.165, 1.54) is 5.39 Å². The molecule has 0 aliphatic carbocycles. The Bertz CT molecular complexity index is 613. The predicted molar refractivity (Wildman–Crippen MR) is 60.9 cm³/mol. The third-order valence-corrected chi connectivity index (χ3v) is 2.76. The molecular formula is C11H8N2S. The minimum Gasteiger partial charge on any atom is -0.359 e. The quantitative estimate of drug-likeness (QED) is 0.536. The van der Waals surface area contributed by atoms with Crippen LogP contribution in [0.15, 0.2) is 41.6 Å². The Hall–Kier alpha value is -1.48. The normalized spacial score (nSPS) is 11.2. The Morgan fingerprint density at radius 2 is 2.14 bits per heavy atom. The minimum atomic E-state index is 0.930. The summed E-state index contributed by atoms with van der Waals surface area (Å²) < 4.78 is 0. The van der Waals surface area contributed by atoms with Crippen molar-refractivity contribution in [3.05, 3.63) is 36.7 Å². The van der Waals surface area contributed by atoms with Crippen LogP contribution in [0.1, 0.15) is 0 Å². The first kappa shape index (κ1) is 7.88. The molecule has 2 heterocycles. The molecule has 0 unspecified atom stereocenters. The van der Waals surface area contributed by atoms with E-state index in [1.807, 2.05) is 12.3 Å². The number of nitrogens with zero attached hydrogens (tertiary/aromatic N) is 1. The number of aromatic amines is 1. The van der Waals surface area contributed by atoms with Crippen molar-refractivity contribution < 1.29 is 0 Å². The highest BCUT2D eigenvalue weighted by atomic mass is 32.1. The van der Waals surface area contributed by atoms with E-state index in [4.69, 9.17) is 0 Å². The Kier molecular flexibility index (Phi) is 1.55. The number of pyridine rings is 1. The molecule has 0 saturated carbocycles. The summed E-state index contributed by atoms with van der Waals surface area (Å²) in [5, 5.41) is 2.27. The summed E-state index contributed by atoms with van der Waals surface area (Å²) in [5.74, 6) is 0. The topological polar surface area (TPSA) is 28.7 Å². The van der Waals surface area contributed by atoms with Crippen LogP contribution in [0.3, 0.4) is 0 Å². The van der Waals surface area contributed by atoms with Gasteiger partial charge in [-0.15, -0.1) is 12.6 Å². The van der Waals surface area contributed by atoms with E-state index < -0.39 is 0 Å². The highest BCUT2D eigenvalue weighted by Gasteiger charge is 2.04. The molecule has 2 aromatic heterocycles. The van der Waals surface area contributed by atoms with Crippen LogP contribution in [-0.4, -0.2) is 9.97 Å². The molecule has 1 aromatic carbocycles. The molecule has 0 atom stereocenters. The van der Waals surface area contributed by atoms with Crippen LogP contribution in [0.25, 0.3) is 21.8 Å². The van der Waals surface area contributed by atoms with Gasteiger partial charge in [-0.05, 0) is 6.07 Å². The van der Waals surface area contributed by atoms with Crippen molar-refractivity contribution in [2.45, 2.75) is 4.90 Å². The van der Waals surface area contributed by atoms with E-state index in [0.29, 0.717) is 0 Å². The van der Waals surface area contributed by atoms with Crippen LogP contribution in [-0.2, 0) is 0 Å². The fourth-order valence-corrected chi connectivity index (χ4v) is 1.95. The maximum atomic E-state index is 4.35. The second-order valence-electron chi connectivity index (χ2n) is 3.24. The van der Waals surface area contributed by atoms with Gasteiger partial charge in [0.05, 0.1) is 11.0 Å². The van der Waals surface area contributed by atoms with Gasteiger partial charge in [-0.25, -0.2) is 0 Å². The molecule has 14 heavy (non-hydrogen) atoms. The first-order valence-electron chi connectivity index (χ1n) is 4.40. The third kappa shape index (κ3) is 0.960. The lowest BCUT2D eigenvalue weighted by atomic mass is 10.1. The van der Waals surface area contributed by atoms with Crippen molar-refractivity contribution >= 4 is 34.4 Å². The number of nitrogens with one attached hydrogen (secondary N) is 1. The lowest BCUT2D eigenvalue weighted by Gasteiger charge is -1.98. The Morgan fingerprint density at radius 3 is 3.07 bits per heavy atom. The first-order chi connectivity index (χ1) is 6.86. The summed E-state index contributed by atoms with van der Waals surface area (Å²) >= 11 is 4.35. The lowest BCUT2D eigenvalue weighted by Crippen LogP contribution is -1.78. The summed E-state index contributed by atoms with van der Waals surface area (Å²) in [4.78, 5) is 8.48. The van der Waals surface area contributed by atoms with Crippen molar-refractivity contribution in [3.8, 4) is 0 Å². The number of benzene rings is 1. The number of H-pyrrole nitrogens is 1. The largest absolute Gasteiger partial charge is 0.359 e. The Labute approximate surface area is 86.4 Å². The Balaban J connectivity index is 2.61. The molecule has 0 radical (unpaired) electrons. The zero-order chi connectivity index (χ0) is 9.54. The molecule has 0 amide bonds. The number of hydrogen-bond donors (Lipinski definition) is 2. The molecule has 1 N–H and O–H groups in total. The van der Waals surface area contributed by atoms with Gasteiger partial charge in [0.2, 0.25) is 0 Å². The highest BCUT2D eigenvalue weighted by Crippen LogP contribution is 2.26. The van der Waals surface area contributed by atoms with Crippen molar-refractivity contribution in [1.82, 2.24) is 9.97 Å². The Morgan fingerprint density at radius 1 is 1.21 bits per heavy atom. The summed E-state index contributed by atoms with van der Waals surface area (Å²) in [5.41, 5.74) is 2.07. The molecule has 0 bridgehead atoms. The smallest absolute Gasteiger partial charge is 0.0954 e. The van der Waals surface area contributed by atoms with Crippen LogP contribution in [0, 0.1) is 0 Å². The fraction of sp³-hybridized carbons (Fsp3) is 0. The zero-order valence-corrected chi connectivity index (χ0v) is 8.25. The number of fused-ring (bicyclic) bond motifs is 3. The number of thiol groups is 1. The van der Waals surface area contributed by atoms with Crippen LogP contribution in [0.2, 0.25) is 0 Å². The minimum absolute atomic E-state index is 0.930. The van der Waals surface area contributed by atoms with Crippen molar-refractivity contribution in [1.29, 1.82) is 0 Å². The molecule has 68 valence electrons. The molecular weight excluding hydrogens is 192 g/mol. The van der Waals surface area contributed by atoms with Gasteiger partial charge >= 0.3 is 0 Å². The zero-order valence-electron chi connectivity index (χ0n) is 7.36. The van der Waals surface area contributed by atoms with Gasteiger partial charge in [0, 0.05) is 28.1 Å². The van der Waals surface area contributed by atoms with E-state index in [2.05, 4.69) is 40.8 Å². The summed E-state index contributed by atoms with van der Waals surface area (Å²) in [7, 11) is 0. The van der Waals surface area contributed by atoms with E-state index in [9.17, 15) is 0 Å². The van der Waals surface area contributed by atoms with Crippen molar-refractivity contribution in [3.63, 3.8) is 0 Å². The maximum absolute atomic E-state index is 4.35. The van der Waals surface area contributed by atoms with Crippen LogP contribution in [0.4, 0.5) is 0 Å². The highest BCUT2D eigenvalue weighted by molar-refractivity contribution is 7.80. The van der Waals surface area contributed by atoms with Crippen LogP contribution in [0.5, 0.6) is 0 Å². The molecule has 3 rings (SSSR count). The van der Waals surface area contributed by atoms with Gasteiger partial charge in [-0.3, -0.25) is 4.98 Å². The second-order valence-corrected chi connectivity index (χ2v) is 3.72. The molecule has 0 fully saturated rings. The predicted octanol–water partition coefficient (Wildman–Crippen LogP) is 3.00. The van der Waals surface area contributed by atoms with E-state index in [-0.39, 0.29) is 0 Å². The summed E-state index contributed by atoms with van der Waals surface area (Å²) in [6.07, 6.45) is 3.70. The molecule has 0 saturated heterocycles. The van der Waals surface area contributed by atoms with E-state index in [0.717, 1.165) is 21.3 Å². The molecule has 0 aliphatic rings. The molecule has 0 aliphatic heterocycles. The van der Waals surface area contributed by atoms with Gasteiger partial charge in [-0.1, -0.05) is 18.2 Å². The average molecular weight is 200 g/mol. The molecule has 2 nitrogen and oxygen atoms in total.